The third kappa shape index (κ3) is 2.98. The van der Waals surface area contributed by atoms with Gasteiger partial charge >= 0.3 is 5.97 Å². The maximum Gasteiger partial charge on any atom is 0.335 e. The van der Waals surface area contributed by atoms with Crippen molar-refractivity contribution in [3.8, 4) is 5.75 Å². The van der Waals surface area contributed by atoms with Crippen LogP contribution < -0.4 is 4.74 Å². The van der Waals surface area contributed by atoms with Crippen LogP contribution in [0.25, 0.3) is 0 Å². The second-order valence-corrected chi connectivity index (χ2v) is 4.57. The van der Waals surface area contributed by atoms with Crippen molar-refractivity contribution in [2.24, 2.45) is 0 Å². The molecule has 0 radical (unpaired) electrons. The Morgan fingerprint density at radius 2 is 2.11 bits per heavy atom. The number of hydrogen-bond donors (Lipinski definition) is 1. The number of piperidine rings is 1. The number of hydrogen-bond acceptors (Lipinski definition) is 3. The normalized spacial score (nSPS) is 17.7. The largest absolute Gasteiger partial charge is 0.487 e. The summed E-state index contributed by atoms with van der Waals surface area (Å²) in [4.78, 5) is 12.9. The lowest BCUT2D eigenvalue weighted by atomic mass is 10.1. The summed E-state index contributed by atoms with van der Waals surface area (Å²) < 4.78 is 19.2. The Labute approximate surface area is 105 Å². The minimum atomic E-state index is -1.14. The molecule has 18 heavy (non-hydrogen) atoms. The maximum atomic E-state index is 13.6. The van der Waals surface area contributed by atoms with Crippen molar-refractivity contribution in [3.63, 3.8) is 0 Å². The Hall–Kier alpha value is -1.62. The van der Waals surface area contributed by atoms with E-state index in [0.717, 1.165) is 32.0 Å². The summed E-state index contributed by atoms with van der Waals surface area (Å²) in [6.45, 7) is 1.86. The number of halogens is 1. The number of nitrogens with zero attached hydrogens (tertiary/aromatic N) is 1. The highest BCUT2D eigenvalue weighted by atomic mass is 19.1. The monoisotopic (exact) mass is 253 g/mol. The summed E-state index contributed by atoms with van der Waals surface area (Å²) >= 11 is 0. The molecule has 0 amide bonds. The van der Waals surface area contributed by atoms with Gasteiger partial charge in [0.1, 0.15) is 6.10 Å². The quantitative estimate of drug-likeness (QED) is 0.895. The second-order valence-electron chi connectivity index (χ2n) is 4.57. The number of aromatic carboxylic acids is 1. The molecule has 1 heterocycles. The van der Waals surface area contributed by atoms with Crippen LogP contribution in [0.2, 0.25) is 0 Å². The zero-order chi connectivity index (χ0) is 13.1. The van der Waals surface area contributed by atoms with Crippen LogP contribution in [-0.2, 0) is 0 Å². The van der Waals surface area contributed by atoms with E-state index in [9.17, 15) is 9.18 Å². The van der Waals surface area contributed by atoms with E-state index in [1.165, 1.54) is 12.1 Å². The van der Waals surface area contributed by atoms with E-state index in [1.807, 2.05) is 7.05 Å². The van der Waals surface area contributed by atoms with Crippen molar-refractivity contribution in [2.75, 3.05) is 20.1 Å². The highest BCUT2D eigenvalue weighted by Gasteiger charge is 2.19. The van der Waals surface area contributed by atoms with E-state index < -0.39 is 11.8 Å². The van der Waals surface area contributed by atoms with E-state index in [-0.39, 0.29) is 17.4 Å². The SMILES string of the molecule is CN1CCC(Oc2ccc(C(=O)O)cc2F)CC1. The van der Waals surface area contributed by atoms with Crippen molar-refractivity contribution in [2.45, 2.75) is 18.9 Å². The lowest BCUT2D eigenvalue weighted by Gasteiger charge is -2.29. The molecule has 5 heteroatoms. The third-order valence-corrected chi connectivity index (χ3v) is 3.14. The Morgan fingerprint density at radius 1 is 1.44 bits per heavy atom. The molecule has 1 aromatic carbocycles. The molecule has 4 nitrogen and oxygen atoms in total. The summed E-state index contributed by atoms with van der Waals surface area (Å²) in [6.07, 6.45) is 1.72. The van der Waals surface area contributed by atoms with Crippen molar-refractivity contribution >= 4 is 5.97 Å². The van der Waals surface area contributed by atoms with Gasteiger partial charge in [0.05, 0.1) is 5.56 Å². The molecule has 0 aliphatic carbocycles. The van der Waals surface area contributed by atoms with Crippen LogP contribution in [0.1, 0.15) is 23.2 Å². The zero-order valence-electron chi connectivity index (χ0n) is 10.2. The average Bonchev–Trinajstić information content (AvgIpc) is 2.34. The minimum absolute atomic E-state index is 0.00591. The molecule has 1 aliphatic heterocycles. The Balaban J connectivity index is 2.03. The molecule has 1 N–H and O–H groups in total. The molecule has 2 rings (SSSR count). The van der Waals surface area contributed by atoms with Crippen molar-refractivity contribution in [1.29, 1.82) is 0 Å². The molecular formula is C13H16FNO3. The zero-order valence-corrected chi connectivity index (χ0v) is 10.2. The number of carbonyl (C=O) groups is 1. The Bertz CT molecular complexity index is 442. The van der Waals surface area contributed by atoms with Crippen LogP contribution in [0.3, 0.4) is 0 Å². The lowest BCUT2D eigenvalue weighted by molar-refractivity contribution is 0.0696. The summed E-state index contributed by atoms with van der Waals surface area (Å²) in [5, 5.41) is 8.74. The van der Waals surface area contributed by atoms with Crippen LogP contribution in [0.15, 0.2) is 18.2 Å². The average molecular weight is 253 g/mol. The first kappa shape index (κ1) is 12.8. The summed E-state index contributed by atoms with van der Waals surface area (Å²) in [6, 6.07) is 3.74. The van der Waals surface area contributed by atoms with Gasteiger partial charge in [-0.05, 0) is 38.1 Å². The molecule has 1 fully saturated rings. The van der Waals surface area contributed by atoms with E-state index >= 15 is 0 Å². The summed E-state index contributed by atoms with van der Waals surface area (Å²) in [5.74, 6) is -1.62. The third-order valence-electron chi connectivity index (χ3n) is 3.14. The molecule has 98 valence electrons. The molecule has 0 bridgehead atoms. The highest BCUT2D eigenvalue weighted by molar-refractivity contribution is 5.87. The second kappa shape index (κ2) is 5.35. The summed E-state index contributed by atoms with van der Waals surface area (Å²) in [7, 11) is 2.04. The summed E-state index contributed by atoms with van der Waals surface area (Å²) in [5.41, 5.74) is -0.0665. The number of ether oxygens (including phenoxy) is 1. The smallest absolute Gasteiger partial charge is 0.335 e. The standard InChI is InChI=1S/C13H16FNO3/c1-15-6-4-10(5-7-15)18-12-3-2-9(13(16)17)8-11(12)14/h2-3,8,10H,4-7H2,1H3,(H,16,17). The predicted octanol–water partition coefficient (Wildman–Crippen LogP) is 2.00. The minimum Gasteiger partial charge on any atom is -0.487 e. The van der Waals surface area contributed by atoms with Crippen LogP contribution in [0.5, 0.6) is 5.75 Å². The molecule has 0 atom stereocenters. The highest BCUT2D eigenvalue weighted by Crippen LogP contribution is 2.22. The molecule has 0 saturated carbocycles. The topological polar surface area (TPSA) is 49.8 Å². The van der Waals surface area contributed by atoms with Crippen LogP contribution >= 0.6 is 0 Å². The van der Waals surface area contributed by atoms with Crippen molar-refractivity contribution in [1.82, 2.24) is 4.90 Å². The molecule has 1 saturated heterocycles. The number of carboxylic acids is 1. The molecule has 0 aromatic heterocycles. The lowest BCUT2D eigenvalue weighted by Crippen LogP contribution is -2.35. The molecule has 1 aliphatic rings. The van der Waals surface area contributed by atoms with Crippen LogP contribution in [0, 0.1) is 5.82 Å². The van der Waals surface area contributed by atoms with E-state index in [2.05, 4.69) is 4.90 Å². The van der Waals surface area contributed by atoms with Gasteiger partial charge < -0.3 is 14.7 Å². The number of likely N-dealkylation sites (tertiary alicyclic amines) is 1. The van der Waals surface area contributed by atoms with Gasteiger partial charge in [-0.2, -0.15) is 0 Å². The van der Waals surface area contributed by atoms with E-state index in [4.69, 9.17) is 9.84 Å². The van der Waals surface area contributed by atoms with Gasteiger partial charge in [0.2, 0.25) is 0 Å². The fourth-order valence-corrected chi connectivity index (χ4v) is 2.01. The van der Waals surface area contributed by atoms with Gasteiger partial charge in [0, 0.05) is 13.1 Å². The Kier molecular flexibility index (Phi) is 3.81. The Morgan fingerprint density at radius 3 is 2.67 bits per heavy atom. The number of carboxylic acid groups (broad SMARTS) is 1. The number of rotatable bonds is 3. The van der Waals surface area contributed by atoms with Gasteiger partial charge in [-0.15, -0.1) is 0 Å². The first-order valence-electron chi connectivity index (χ1n) is 5.94. The van der Waals surface area contributed by atoms with Crippen molar-refractivity contribution < 1.29 is 19.0 Å². The van der Waals surface area contributed by atoms with Gasteiger partial charge in [-0.25, -0.2) is 9.18 Å². The van der Waals surface area contributed by atoms with Crippen LogP contribution in [-0.4, -0.2) is 42.2 Å². The first-order valence-corrected chi connectivity index (χ1v) is 5.94. The fourth-order valence-electron chi connectivity index (χ4n) is 2.01. The van der Waals surface area contributed by atoms with Gasteiger partial charge in [0.25, 0.3) is 0 Å². The van der Waals surface area contributed by atoms with E-state index in [0.29, 0.717) is 0 Å². The number of benzene rings is 1. The molecule has 1 aromatic rings. The fraction of sp³-hybridized carbons (Fsp3) is 0.462. The predicted molar refractivity (Wildman–Crippen MR) is 64.5 cm³/mol. The molecule has 0 spiro atoms. The first-order chi connectivity index (χ1) is 8.56. The van der Waals surface area contributed by atoms with Gasteiger partial charge in [-0.1, -0.05) is 0 Å². The van der Waals surface area contributed by atoms with Crippen molar-refractivity contribution in [3.05, 3.63) is 29.6 Å². The molecule has 0 unspecified atom stereocenters. The maximum absolute atomic E-state index is 13.6. The van der Waals surface area contributed by atoms with Crippen LogP contribution in [0.4, 0.5) is 4.39 Å². The molecular weight excluding hydrogens is 237 g/mol. The van der Waals surface area contributed by atoms with E-state index in [1.54, 1.807) is 0 Å². The van der Waals surface area contributed by atoms with Gasteiger partial charge in [-0.3, -0.25) is 0 Å². The van der Waals surface area contributed by atoms with Gasteiger partial charge in [0.15, 0.2) is 11.6 Å².